The van der Waals surface area contributed by atoms with Crippen LogP contribution in [0.3, 0.4) is 0 Å². The third-order valence-electron chi connectivity index (χ3n) is 3.12. The average Bonchev–Trinajstić information content (AvgIpc) is 2.53. The molecular formula is C15H17N3O3. The van der Waals surface area contributed by atoms with Gasteiger partial charge in [0, 0.05) is 20.0 Å². The van der Waals surface area contributed by atoms with Gasteiger partial charge >= 0.3 is 5.97 Å². The van der Waals surface area contributed by atoms with E-state index in [0.717, 1.165) is 5.52 Å². The lowest BCUT2D eigenvalue weighted by atomic mass is 10.2. The van der Waals surface area contributed by atoms with Crippen LogP contribution in [-0.2, 0) is 9.53 Å². The SMILES string of the molecule is COC(=O)CCCN(C)C(=O)c1cnc2ccccc2n1. The Morgan fingerprint density at radius 3 is 2.67 bits per heavy atom. The van der Waals surface area contributed by atoms with Crippen molar-refractivity contribution in [2.24, 2.45) is 0 Å². The molecule has 6 heteroatoms. The zero-order valence-corrected chi connectivity index (χ0v) is 12.1. The molecule has 0 spiro atoms. The van der Waals surface area contributed by atoms with Crippen LogP contribution in [-0.4, -0.2) is 47.4 Å². The highest BCUT2D eigenvalue weighted by Gasteiger charge is 2.14. The van der Waals surface area contributed by atoms with E-state index >= 15 is 0 Å². The number of hydrogen-bond acceptors (Lipinski definition) is 5. The maximum absolute atomic E-state index is 12.2. The number of benzene rings is 1. The molecule has 110 valence electrons. The molecule has 0 unspecified atom stereocenters. The minimum absolute atomic E-state index is 0.210. The molecule has 1 amide bonds. The number of carbonyl (C=O) groups is 2. The van der Waals surface area contributed by atoms with Crippen molar-refractivity contribution in [3.05, 3.63) is 36.2 Å². The summed E-state index contributed by atoms with van der Waals surface area (Å²) >= 11 is 0. The number of aromatic nitrogens is 2. The fourth-order valence-corrected chi connectivity index (χ4v) is 1.92. The number of rotatable bonds is 5. The van der Waals surface area contributed by atoms with Crippen LogP contribution in [0.2, 0.25) is 0 Å². The Morgan fingerprint density at radius 2 is 1.95 bits per heavy atom. The summed E-state index contributed by atoms with van der Waals surface area (Å²) in [6.45, 7) is 0.461. The molecule has 0 bridgehead atoms. The summed E-state index contributed by atoms with van der Waals surface area (Å²) in [6.07, 6.45) is 2.31. The molecule has 0 radical (unpaired) electrons. The van der Waals surface area contributed by atoms with Crippen molar-refractivity contribution >= 4 is 22.9 Å². The van der Waals surface area contributed by atoms with E-state index in [1.165, 1.54) is 18.2 Å². The molecule has 0 fully saturated rings. The monoisotopic (exact) mass is 287 g/mol. The predicted octanol–water partition coefficient (Wildman–Crippen LogP) is 1.65. The summed E-state index contributed by atoms with van der Waals surface area (Å²) < 4.78 is 4.56. The average molecular weight is 287 g/mol. The lowest BCUT2D eigenvalue weighted by Gasteiger charge is -2.16. The van der Waals surface area contributed by atoms with E-state index in [9.17, 15) is 9.59 Å². The van der Waals surface area contributed by atoms with Crippen molar-refractivity contribution < 1.29 is 14.3 Å². The first-order valence-corrected chi connectivity index (χ1v) is 6.66. The minimum Gasteiger partial charge on any atom is -0.469 e. The smallest absolute Gasteiger partial charge is 0.305 e. The van der Waals surface area contributed by atoms with Gasteiger partial charge in [0.15, 0.2) is 0 Å². The van der Waals surface area contributed by atoms with Crippen LogP contribution >= 0.6 is 0 Å². The molecular weight excluding hydrogens is 270 g/mol. The molecule has 0 aliphatic rings. The van der Waals surface area contributed by atoms with Crippen LogP contribution in [0.4, 0.5) is 0 Å². The van der Waals surface area contributed by atoms with Crippen molar-refractivity contribution in [2.45, 2.75) is 12.8 Å². The van der Waals surface area contributed by atoms with Gasteiger partial charge in [-0.3, -0.25) is 14.6 Å². The second-order valence-electron chi connectivity index (χ2n) is 4.65. The largest absolute Gasteiger partial charge is 0.469 e. The quantitative estimate of drug-likeness (QED) is 0.782. The highest BCUT2D eigenvalue weighted by molar-refractivity contribution is 5.93. The van der Waals surface area contributed by atoms with E-state index in [1.807, 2.05) is 24.3 Å². The number of hydrogen-bond donors (Lipinski definition) is 0. The number of nitrogens with zero attached hydrogens (tertiary/aromatic N) is 3. The van der Waals surface area contributed by atoms with Gasteiger partial charge in [0.05, 0.1) is 24.3 Å². The molecule has 1 heterocycles. The van der Waals surface area contributed by atoms with Crippen LogP contribution in [0, 0.1) is 0 Å². The third-order valence-corrected chi connectivity index (χ3v) is 3.12. The Balaban J connectivity index is 2.01. The van der Waals surface area contributed by atoms with E-state index in [0.29, 0.717) is 24.2 Å². The van der Waals surface area contributed by atoms with Gasteiger partial charge in [-0.15, -0.1) is 0 Å². The Hall–Kier alpha value is -2.50. The topological polar surface area (TPSA) is 72.4 Å². The fraction of sp³-hybridized carbons (Fsp3) is 0.333. The first-order chi connectivity index (χ1) is 10.1. The highest BCUT2D eigenvalue weighted by Crippen LogP contribution is 2.10. The predicted molar refractivity (Wildman–Crippen MR) is 77.7 cm³/mol. The van der Waals surface area contributed by atoms with Crippen LogP contribution in [0.1, 0.15) is 23.3 Å². The lowest BCUT2D eigenvalue weighted by Crippen LogP contribution is -2.29. The summed E-state index contributed by atoms with van der Waals surface area (Å²) in [4.78, 5) is 33.3. The van der Waals surface area contributed by atoms with Gasteiger partial charge < -0.3 is 9.64 Å². The fourth-order valence-electron chi connectivity index (χ4n) is 1.92. The number of methoxy groups -OCH3 is 1. The number of carbonyl (C=O) groups excluding carboxylic acids is 2. The molecule has 21 heavy (non-hydrogen) atoms. The molecule has 1 aromatic carbocycles. The summed E-state index contributed by atoms with van der Waals surface area (Å²) in [7, 11) is 3.03. The van der Waals surface area contributed by atoms with Crippen LogP contribution in [0.5, 0.6) is 0 Å². The highest BCUT2D eigenvalue weighted by atomic mass is 16.5. The molecule has 0 atom stereocenters. The van der Waals surface area contributed by atoms with Gasteiger partial charge in [-0.2, -0.15) is 0 Å². The number of para-hydroxylation sites is 2. The van der Waals surface area contributed by atoms with Gasteiger partial charge in [-0.1, -0.05) is 12.1 Å². The summed E-state index contributed by atoms with van der Waals surface area (Å²) in [5, 5.41) is 0. The Bertz CT molecular complexity index is 657. The molecule has 0 aliphatic heterocycles. The normalized spacial score (nSPS) is 10.4. The molecule has 0 saturated heterocycles. The Kier molecular flexibility index (Phi) is 4.81. The summed E-state index contributed by atoms with van der Waals surface area (Å²) in [6, 6.07) is 7.38. The maximum Gasteiger partial charge on any atom is 0.305 e. The van der Waals surface area contributed by atoms with Crippen molar-refractivity contribution in [1.82, 2.24) is 14.9 Å². The molecule has 0 saturated carbocycles. The third kappa shape index (κ3) is 3.75. The number of fused-ring (bicyclic) bond motifs is 1. The van der Waals surface area contributed by atoms with E-state index in [1.54, 1.807) is 7.05 Å². The van der Waals surface area contributed by atoms with Crippen LogP contribution in [0.15, 0.2) is 30.5 Å². The number of amides is 1. The van der Waals surface area contributed by atoms with Crippen LogP contribution in [0.25, 0.3) is 11.0 Å². The zero-order chi connectivity index (χ0) is 15.2. The maximum atomic E-state index is 12.2. The van der Waals surface area contributed by atoms with Gasteiger partial charge in [-0.05, 0) is 18.6 Å². The molecule has 0 N–H and O–H groups in total. The van der Waals surface area contributed by atoms with Crippen molar-refractivity contribution in [1.29, 1.82) is 0 Å². The molecule has 2 aromatic rings. The first kappa shape index (κ1) is 14.9. The molecule has 2 rings (SSSR count). The van der Waals surface area contributed by atoms with Gasteiger partial charge in [-0.25, -0.2) is 4.98 Å². The van der Waals surface area contributed by atoms with E-state index in [2.05, 4.69) is 14.7 Å². The van der Waals surface area contributed by atoms with Gasteiger partial charge in [0.2, 0.25) is 0 Å². The minimum atomic E-state index is -0.277. The van der Waals surface area contributed by atoms with Gasteiger partial charge in [0.1, 0.15) is 5.69 Å². The van der Waals surface area contributed by atoms with E-state index in [-0.39, 0.29) is 18.3 Å². The number of esters is 1. The van der Waals surface area contributed by atoms with Crippen molar-refractivity contribution in [3.63, 3.8) is 0 Å². The second kappa shape index (κ2) is 6.78. The lowest BCUT2D eigenvalue weighted by molar-refractivity contribution is -0.140. The summed E-state index contributed by atoms with van der Waals surface area (Å²) in [5.74, 6) is -0.487. The molecule has 1 aromatic heterocycles. The van der Waals surface area contributed by atoms with E-state index in [4.69, 9.17) is 0 Å². The van der Waals surface area contributed by atoms with Crippen molar-refractivity contribution in [3.8, 4) is 0 Å². The van der Waals surface area contributed by atoms with Crippen molar-refractivity contribution in [2.75, 3.05) is 20.7 Å². The first-order valence-electron chi connectivity index (χ1n) is 6.66. The second-order valence-corrected chi connectivity index (χ2v) is 4.65. The Labute approximate surface area is 122 Å². The standard InChI is InChI=1S/C15H17N3O3/c1-18(9-5-8-14(19)21-2)15(20)13-10-16-11-6-3-4-7-12(11)17-13/h3-4,6-7,10H,5,8-9H2,1-2H3. The molecule has 0 aliphatic carbocycles. The van der Waals surface area contributed by atoms with Gasteiger partial charge in [0.25, 0.3) is 5.91 Å². The molecule has 6 nitrogen and oxygen atoms in total. The number of ether oxygens (including phenoxy) is 1. The zero-order valence-electron chi connectivity index (χ0n) is 12.1. The van der Waals surface area contributed by atoms with Crippen LogP contribution < -0.4 is 0 Å². The summed E-state index contributed by atoms with van der Waals surface area (Å²) in [5.41, 5.74) is 1.74. The Morgan fingerprint density at radius 1 is 1.24 bits per heavy atom. The van der Waals surface area contributed by atoms with E-state index < -0.39 is 0 Å².